The van der Waals surface area contributed by atoms with Crippen LogP contribution in [0.3, 0.4) is 0 Å². The van der Waals surface area contributed by atoms with Crippen molar-refractivity contribution >= 4 is 11.9 Å². The number of imide groups is 1. The molecule has 2 fully saturated rings. The Balaban J connectivity index is 0.00000261. The molecule has 8 heteroatoms. The summed E-state index contributed by atoms with van der Waals surface area (Å²) in [5.41, 5.74) is -0.286. The number of hydrogen-bond acceptors (Lipinski definition) is 4. The van der Waals surface area contributed by atoms with E-state index in [0.717, 1.165) is 24.4 Å². The Morgan fingerprint density at radius 1 is 1.22 bits per heavy atom. The standard InChI is InChI=1S/C19H27N3O4.ClH/c1-14(2)12-26-16-6-4-15(5-7-16)19(3)17(23)22(18(24)20-19)13-21-8-10-25-11-9-21;/h4-7,14H,8-13H2,1-3H3,(H,20,24);1H. The lowest BCUT2D eigenvalue weighted by Gasteiger charge is -2.27. The molecule has 7 nitrogen and oxygen atoms in total. The summed E-state index contributed by atoms with van der Waals surface area (Å²) in [5.74, 6) is 0.994. The molecule has 2 aliphatic heterocycles. The minimum absolute atomic E-state index is 0. The van der Waals surface area contributed by atoms with Crippen LogP contribution in [0.1, 0.15) is 26.3 Å². The number of morpholine rings is 1. The number of amides is 3. The highest BCUT2D eigenvalue weighted by molar-refractivity contribution is 6.07. The first-order valence-corrected chi connectivity index (χ1v) is 9.19. The van der Waals surface area contributed by atoms with Crippen molar-refractivity contribution in [1.29, 1.82) is 0 Å². The number of hydrogen-bond donors (Lipinski definition) is 2. The average Bonchev–Trinajstić information content (AvgIpc) is 2.85. The summed E-state index contributed by atoms with van der Waals surface area (Å²) in [6, 6.07) is 7.05. The van der Waals surface area contributed by atoms with Gasteiger partial charge in [-0.2, -0.15) is 0 Å². The molecule has 2 aliphatic rings. The summed E-state index contributed by atoms with van der Waals surface area (Å²) in [5, 5.41) is 2.86. The Morgan fingerprint density at radius 2 is 1.85 bits per heavy atom. The quantitative estimate of drug-likeness (QED) is 0.515. The number of nitrogens with zero attached hydrogens (tertiary/aromatic N) is 1. The lowest BCUT2D eigenvalue weighted by Crippen LogP contribution is -3.15. The molecule has 2 N–H and O–H groups in total. The number of quaternary nitrogens is 1. The molecule has 0 bridgehead atoms. The highest BCUT2D eigenvalue weighted by Gasteiger charge is 2.50. The maximum Gasteiger partial charge on any atom is 0.329 e. The lowest BCUT2D eigenvalue weighted by atomic mass is 9.92. The molecule has 1 unspecified atom stereocenters. The molecule has 0 saturated carbocycles. The summed E-state index contributed by atoms with van der Waals surface area (Å²) >= 11 is 0. The smallest absolute Gasteiger partial charge is 0.329 e. The molecule has 2 saturated heterocycles. The monoisotopic (exact) mass is 397 g/mol. The van der Waals surface area contributed by atoms with Gasteiger partial charge in [0.15, 0.2) is 6.67 Å². The van der Waals surface area contributed by atoms with E-state index in [4.69, 9.17) is 9.47 Å². The number of urea groups is 1. The minimum Gasteiger partial charge on any atom is -1.00 e. The van der Waals surface area contributed by atoms with E-state index in [2.05, 4.69) is 19.2 Å². The van der Waals surface area contributed by atoms with Gasteiger partial charge in [0.2, 0.25) is 0 Å². The second-order valence-corrected chi connectivity index (χ2v) is 7.54. The zero-order valence-electron chi connectivity index (χ0n) is 16.1. The van der Waals surface area contributed by atoms with Crippen molar-refractivity contribution in [1.82, 2.24) is 10.2 Å². The zero-order valence-corrected chi connectivity index (χ0v) is 16.8. The van der Waals surface area contributed by atoms with Crippen LogP contribution in [0.5, 0.6) is 5.75 Å². The fraction of sp³-hybridized carbons (Fsp3) is 0.579. The van der Waals surface area contributed by atoms with Crippen molar-refractivity contribution < 1.29 is 36.4 Å². The van der Waals surface area contributed by atoms with Crippen molar-refractivity contribution in [2.45, 2.75) is 26.3 Å². The van der Waals surface area contributed by atoms with Crippen molar-refractivity contribution in [3.8, 4) is 5.75 Å². The van der Waals surface area contributed by atoms with E-state index >= 15 is 0 Å². The van der Waals surface area contributed by atoms with Gasteiger partial charge in [-0.25, -0.2) is 9.69 Å². The van der Waals surface area contributed by atoms with Crippen molar-refractivity contribution in [2.24, 2.45) is 5.92 Å². The molecule has 1 aromatic rings. The average molecular weight is 398 g/mol. The van der Waals surface area contributed by atoms with Crippen LogP contribution in [0.15, 0.2) is 24.3 Å². The predicted molar refractivity (Wildman–Crippen MR) is 95.9 cm³/mol. The van der Waals surface area contributed by atoms with E-state index < -0.39 is 5.54 Å². The number of halogens is 1. The molecule has 0 aromatic heterocycles. The summed E-state index contributed by atoms with van der Waals surface area (Å²) in [4.78, 5) is 27.9. The topological polar surface area (TPSA) is 72.3 Å². The minimum atomic E-state index is -1.04. The number of ether oxygens (including phenoxy) is 2. The van der Waals surface area contributed by atoms with Gasteiger partial charge in [-0.3, -0.25) is 4.79 Å². The van der Waals surface area contributed by atoms with Crippen LogP contribution in [0.4, 0.5) is 4.79 Å². The second-order valence-electron chi connectivity index (χ2n) is 7.54. The first-order chi connectivity index (χ1) is 12.4. The Bertz CT molecular complexity index is 661. The normalized spacial score (nSPS) is 23.3. The Hall–Kier alpha value is -1.83. The highest BCUT2D eigenvalue weighted by Crippen LogP contribution is 2.29. The van der Waals surface area contributed by atoms with E-state index in [0.29, 0.717) is 32.4 Å². The molecular weight excluding hydrogens is 370 g/mol. The van der Waals surface area contributed by atoms with Crippen LogP contribution in [0, 0.1) is 5.92 Å². The van der Waals surface area contributed by atoms with Crippen molar-refractivity contribution in [3.05, 3.63) is 29.8 Å². The van der Waals surface area contributed by atoms with Crippen LogP contribution in [-0.2, 0) is 15.1 Å². The molecule has 0 spiro atoms. The van der Waals surface area contributed by atoms with Crippen molar-refractivity contribution in [2.75, 3.05) is 39.6 Å². The molecule has 2 heterocycles. The Morgan fingerprint density at radius 3 is 2.44 bits per heavy atom. The van der Waals surface area contributed by atoms with E-state index in [9.17, 15) is 9.59 Å². The van der Waals surface area contributed by atoms with Gasteiger partial charge in [0, 0.05) is 0 Å². The number of carbonyl (C=O) groups excluding carboxylic acids is 2. The Labute approximate surface area is 166 Å². The van der Waals surface area contributed by atoms with Gasteiger partial charge < -0.3 is 32.1 Å². The van der Waals surface area contributed by atoms with Gasteiger partial charge in [0.1, 0.15) is 24.4 Å². The molecule has 3 rings (SSSR count). The summed E-state index contributed by atoms with van der Waals surface area (Å²) < 4.78 is 11.0. The van der Waals surface area contributed by atoms with Gasteiger partial charge in [-0.05, 0) is 30.5 Å². The Kier molecular flexibility index (Phi) is 7.08. The zero-order chi connectivity index (χ0) is 18.7. The van der Waals surface area contributed by atoms with Gasteiger partial charge in [-0.1, -0.05) is 26.0 Å². The van der Waals surface area contributed by atoms with E-state index in [1.807, 2.05) is 24.3 Å². The maximum absolute atomic E-state index is 13.0. The number of benzene rings is 1. The van der Waals surface area contributed by atoms with Crippen LogP contribution in [0.25, 0.3) is 0 Å². The number of nitrogens with one attached hydrogen (secondary N) is 2. The molecular formula is C19H28ClN3O4. The van der Waals surface area contributed by atoms with E-state index in [-0.39, 0.29) is 24.3 Å². The fourth-order valence-electron chi connectivity index (χ4n) is 3.23. The third kappa shape index (κ3) is 4.72. The maximum atomic E-state index is 13.0. The number of rotatable bonds is 6. The fourth-order valence-corrected chi connectivity index (χ4v) is 3.23. The second kappa shape index (κ2) is 8.91. The highest BCUT2D eigenvalue weighted by atomic mass is 35.5. The first-order valence-electron chi connectivity index (χ1n) is 9.19. The molecule has 0 radical (unpaired) electrons. The van der Waals surface area contributed by atoms with Crippen LogP contribution >= 0.6 is 0 Å². The van der Waals surface area contributed by atoms with Gasteiger partial charge >= 0.3 is 6.03 Å². The van der Waals surface area contributed by atoms with Crippen LogP contribution < -0.4 is 27.4 Å². The van der Waals surface area contributed by atoms with Crippen molar-refractivity contribution in [3.63, 3.8) is 0 Å². The number of carbonyl (C=O) groups is 2. The lowest BCUT2D eigenvalue weighted by molar-refractivity contribution is -0.915. The predicted octanol–water partition coefficient (Wildman–Crippen LogP) is -2.63. The summed E-state index contributed by atoms with van der Waals surface area (Å²) in [7, 11) is 0. The molecule has 1 aromatic carbocycles. The third-order valence-electron chi connectivity index (χ3n) is 4.87. The molecule has 3 amide bonds. The first kappa shape index (κ1) is 21.5. The van der Waals surface area contributed by atoms with Crippen LogP contribution in [0.2, 0.25) is 0 Å². The third-order valence-corrected chi connectivity index (χ3v) is 4.87. The van der Waals surface area contributed by atoms with E-state index in [1.54, 1.807) is 6.92 Å². The molecule has 1 atom stereocenters. The van der Waals surface area contributed by atoms with E-state index in [1.165, 1.54) is 9.80 Å². The van der Waals surface area contributed by atoms with Gasteiger partial charge in [0.25, 0.3) is 5.91 Å². The molecule has 0 aliphatic carbocycles. The molecule has 27 heavy (non-hydrogen) atoms. The van der Waals surface area contributed by atoms with Crippen LogP contribution in [-0.4, -0.2) is 56.4 Å². The SMILES string of the molecule is CC(C)COc1ccc(C2(C)NC(=O)N(C[NH+]3CCOCC3)C2=O)cc1.[Cl-]. The summed E-state index contributed by atoms with van der Waals surface area (Å²) in [6.45, 7) is 9.88. The molecule has 150 valence electrons. The summed E-state index contributed by atoms with van der Waals surface area (Å²) in [6.07, 6.45) is 0. The van der Waals surface area contributed by atoms with Gasteiger partial charge in [0.05, 0.1) is 19.8 Å². The van der Waals surface area contributed by atoms with Gasteiger partial charge in [-0.15, -0.1) is 0 Å². The largest absolute Gasteiger partial charge is 1.00 e.